The number of furan rings is 1. The summed E-state index contributed by atoms with van der Waals surface area (Å²) < 4.78 is 10.7. The van der Waals surface area contributed by atoms with E-state index in [-0.39, 0.29) is 11.9 Å². The SMILES string of the molecule is COc1ccc(C(=O)NCC(c2ccco2)N2CCCC2)cc1Cl. The zero-order valence-electron chi connectivity index (χ0n) is 13.6. The molecule has 0 saturated carbocycles. The number of nitrogens with zero attached hydrogens (tertiary/aromatic N) is 1. The van der Waals surface area contributed by atoms with Crippen LogP contribution in [-0.4, -0.2) is 37.6 Å². The van der Waals surface area contributed by atoms with Crippen molar-refractivity contribution in [2.24, 2.45) is 0 Å². The number of hydrogen-bond acceptors (Lipinski definition) is 4. The quantitative estimate of drug-likeness (QED) is 0.868. The van der Waals surface area contributed by atoms with Crippen molar-refractivity contribution >= 4 is 17.5 Å². The van der Waals surface area contributed by atoms with E-state index >= 15 is 0 Å². The van der Waals surface area contributed by atoms with Crippen molar-refractivity contribution in [3.63, 3.8) is 0 Å². The first-order valence-electron chi connectivity index (χ1n) is 8.08. The lowest BCUT2D eigenvalue weighted by Crippen LogP contribution is -2.36. The van der Waals surface area contributed by atoms with Crippen LogP contribution in [0, 0.1) is 0 Å². The van der Waals surface area contributed by atoms with Gasteiger partial charge in [0.2, 0.25) is 0 Å². The highest BCUT2D eigenvalue weighted by atomic mass is 35.5. The molecule has 1 aliphatic heterocycles. The average molecular weight is 349 g/mol. The third kappa shape index (κ3) is 3.74. The fourth-order valence-electron chi connectivity index (χ4n) is 3.04. The molecule has 5 nitrogen and oxygen atoms in total. The predicted octanol–water partition coefficient (Wildman–Crippen LogP) is 3.51. The van der Waals surface area contributed by atoms with Crippen molar-refractivity contribution in [2.45, 2.75) is 18.9 Å². The molecule has 1 atom stereocenters. The molecule has 1 amide bonds. The molecule has 3 rings (SSSR count). The number of hydrogen-bond donors (Lipinski definition) is 1. The first kappa shape index (κ1) is 16.9. The molecule has 1 fully saturated rings. The van der Waals surface area contributed by atoms with Crippen molar-refractivity contribution in [1.29, 1.82) is 0 Å². The Morgan fingerprint density at radius 1 is 1.38 bits per heavy atom. The molecular weight excluding hydrogens is 328 g/mol. The van der Waals surface area contributed by atoms with Gasteiger partial charge in [-0.1, -0.05) is 11.6 Å². The van der Waals surface area contributed by atoms with E-state index in [1.807, 2.05) is 12.1 Å². The molecule has 1 aliphatic rings. The number of rotatable bonds is 6. The Bertz CT molecular complexity index is 682. The minimum absolute atomic E-state index is 0.0557. The van der Waals surface area contributed by atoms with E-state index in [0.29, 0.717) is 22.9 Å². The van der Waals surface area contributed by atoms with Gasteiger partial charge in [-0.05, 0) is 56.3 Å². The molecule has 2 heterocycles. The van der Waals surface area contributed by atoms with Gasteiger partial charge >= 0.3 is 0 Å². The third-order valence-electron chi connectivity index (χ3n) is 4.32. The third-order valence-corrected chi connectivity index (χ3v) is 4.62. The number of halogens is 1. The highest BCUT2D eigenvalue weighted by molar-refractivity contribution is 6.32. The molecule has 24 heavy (non-hydrogen) atoms. The van der Waals surface area contributed by atoms with Gasteiger partial charge in [0.05, 0.1) is 24.4 Å². The highest BCUT2D eigenvalue weighted by Gasteiger charge is 2.26. The number of benzene rings is 1. The summed E-state index contributed by atoms with van der Waals surface area (Å²) in [7, 11) is 1.55. The van der Waals surface area contributed by atoms with Gasteiger partial charge in [0.25, 0.3) is 5.91 Å². The number of carbonyl (C=O) groups is 1. The fraction of sp³-hybridized carbons (Fsp3) is 0.389. The van der Waals surface area contributed by atoms with E-state index in [1.165, 1.54) is 12.8 Å². The van der Waals surface area contributed by atoms with Gasteiger partial charge in [-0.15, -0.1) is 0 Å². The number of likely N-dealkylation sites (tertiary alicyclic amines) is 1. The lowest BCUT2D eigenvalue weighted by Gasteiger charge is -2.26. The van der Waals surface area contributed by atoms with E-state index < -0.39 is 0 Å². The number of carbonyl (C=O) groups excluding carboxylic acids is 1. The van der Waals surface area contributed by atoms with E-state index in [2.05, 4.69) is 10.2 Å². The number of methoxy groups -OCH3 is 1. The monoisotopic (exact) mass is 348 g/mol. The largest absolute Gasteiger partial charge is 0.495 e. The molecule has 0 spiro atoms. The Morgan fingerprint density at radius 2 is 2.17 bits per heavy atom. The van der Waals surface area contributed by atoms with Gasteiger partial charge in [-0.2, -0.15) is 0 Å². The minimum atomic E-state index is -0.157. The molecular formula is C18H21ClN2O3. The Morgan fingerprint density at radius 3 is 2.79 bits per heavy atom. The first-order chi connectivity index (χ1) is 11.7. The maximum atomic E-state index is 12.4. The van der Waals surface area contributed by atoms with Crippen LogP contribution in [-0.2, 0) is 0 Å². The van der Waals surface area contributed by atoms with Gasteiger partial charge in [0, 0.05) is 12.1 Å². The highest BCUT2D eigenvalue weighted by Crippen LogP contribution is 2.26. The van der Waals surface area contributed by atoms with Crippen LogP contribution in [0.2, 0.25) is 5.02 Å². The van der Waals surface area contributed by atoms with Crippen LogP contribution in [0.3, 0.4) is 0 Å². The molecule has 1 aromatic carbocycles. The maximum absolute atomic E-state index is 12.4. The van der Waals surface area contributed by atoms with E-state index in [0.717, 1.165) is 18.8 Å². The van der Waals surface area contributed by atoms with Crippen LogP contribution in [0.4, 0.5) is 0 Å². The molecule has 0 bridgehead atoms. The normalized spacial score (nSPS) is 16.1. The standard InChI is InChI=1S/C18H21ClN2O3/c1-23-16-7-6-13(11-14(16)19)18(22)20-12-15(17-5-4-10-24-17)21-8-2-3-9-21/h4-7,10-11,15H,2-3,8-9,12H2,1H3,(H,20,22). The molecule has 1 unspecified atom stereocenters. The summed E-state index contributed by atoms with van der Waals surface area (Å²) in [5.41, 5.74) is 0.514. The molecule has 1 saturated heterocycles. The smallest absolute Gasteiger partial charge is 0.251 e. The molecule has 128 valence electrons. The summed E-state index contributed by atoms with van der Waals surface area (Å²) in [6, 6.07) is 8.91. The Balaban J connectivity index is 1.67. The van der Waals surface area contributed by atoms with Crippen LogP contribution in [0.1, 0.15) is 35.0 Å². The van der Waals surface area contributed by atoms with Crippen molar-refractivity contribution in [3.05, 3.63) is 52.9 Å². The second-order valence-electron chi connectivity index (χ2n) is 5.83. The molecule has 6 heteroatoms. The summed E-state index contributed by atoms with van der Waals surface area (Å²) in [4.78, 5) is 14.8. The van der Waals surface area contributed by atoms with Gasteiger partial charge < -0.3 is 14.5 Å². The Hall–Kier alpha value is -1.98. The first-order valence-corrected chi connectivity index (χ1v) is 8.46. The average Bonchev–Trinajstić information content (AvgIpc) is 3.29. The topological polar surface area (TPSA) is 54.7 Å². The van der Waals surface area contributed by atoms with Crippen LogP contribution >= 0.6 is 11.6 Å². The van der Waals surface area contributed by atoms with E-state index in [4.69, 9.17) is 20.8 Å². The second kappa shape index (κ2) is 7.73. The summed E-state index contributed by atoms with van der Waals surface area (Å²) >= 11 is 6.09. The summed E-state index contributed by atoms with van der Waals surface area (Å²) in [5.74, 6) is 1.28. The Labute approximate surface area is 146 Å². The van der Waals surface area contributed by atoms with Gasteiger partial charge in [-0.25, -0.2) is 0 Å². The molecule has 0 radical (unpaired) electrons. The summed E-state index contributed by atoms with van der Waals surface area (Å²) in [5, 5.41) is 3.41. The van der Waals surface area contributed by atoms with E-state index in [1.54, 1.807) is 31.6 Å². The zero-order valence-corrected chi connectivity index (χ0v) is 14.4. The van der Waals surface area contributed by atoms with Crippen LogP contribution in [0.5, 0.6) is 5.75 Å². The summed E-state index contributed by atoms with van der Waals surface area (Å²) in [6.45, 7) is 2.54. The minimum Gasteiger partial charge on any atom is -0.495 e. The lowest BCUT2D eigenvalue weighted by atomic mass is 10.1. The van der Waals surface area contributed by atoms with E-state index in [9.17, 15) is 4.79 Å². The van der Waals surface area contributed by atoms with Gasteiger partial charge in [-0.3, -0.25) is 9.69 Å². The number of nitrogens with one attached hydrogen (secondary N) is 1. The summed E-state index contributed by atoms with van der Waals surface area (Å²) in [6.07, 6.45) is 4.03. The van der Waals surface area contributed by atoms with Crippen LogP contribution in [0.25, 0.3) is 0 Å². The van der Waals surface area contributed by atoms with Crippen molar-refractivity contribution in [2.75, 3.05) is 26.7 Å². The van der Waals surface area contributed by atoms with Crippen LogP contribution in [0.15, 0.2) is 41.0 Å². The number of ether oxygens (including phenoxy) is 1. The predicted molar refractivity (Wildman–Crippen MR) is 92.6 cm³/mol. The van der Waals surface area contributed by atoms with Gasteiger partial charge in [0.15, 0.2) is 0 Å². The molecule has 1 aromatic heterocycles. The molecule has 1 N–H and O–H groups in total. The molecule has 2 aromatic rings. The second-order valence-corrected chi connectivity index (χ2v) is 6.24. The van der Waals surface area contributed by atoms with Crippen molar-refractivity contribution < 1.29 is 13.9 Å². The van der Waals surface area contributed by atoms with Gasteiger partial charge in [0.1, 0.15) is 11.5 Å². The van der Waals surface area contributed by atoms with Crippen molar-refractivity contribution in [1.82, 2.24) is 10.2 Å². The number of amides is 1. The Kier molecular flexibility index (Phi) is 5.43. The zero-order chi connectivity index (χ0) is 16.9. The molecule has 0 aliphatic carbocycles. The fourth-order valence-corrected chi connectivity index (χ4v) is 3.30. The van der Waals surface area contributed by atoms with Crippen LogP contribution < -0.4 is 10.1 Å². The maximum Gasteiger partial charge on any atom is 0.251 e. The van der Waals surface area contributed by atoms with Crippen molar-refractivity contribution in [3.8, 4) is 5.75 Å². The lowest BCUT2D eigenvalue weighted by molar-refractivity contribution is 0.0933.